The van der Waals surface area contributed by atoms with Crippen LogP contribution in [0, 0.1) is 6.92 Å². The van der Waals surface area contributed by atoms with E-state index < -0.39 is 0 Å². The predicted octanol–water partition coefficient (Wildman–Crippen LogP) is 5.02. The van der Waals surface area contributed by atoms with E-state index in [2.05, 4.69) is 38.2 Å². The van der Waals surface area contributed by atoms with Crippen molar-refractivity contribution in [3.63, 3.8) is 0 Å². The molecule has 1 unspecified atom stereocenters. The van der Waals surface area contributed by atoms with E-state index in [0.29, 0.717) is 12.1 Å². The lowest BCUT2D eigenvalue weighted by atomic mass is 10.2. The first-order valence-corrected chi connectivity index (χ1v) is 11.6. The van der Waals surface area contributed by atoms with Gasteiger partial charge in [0.05, 0.1) is 29.7 Å². The normalized spacial score (nSPS) is 12.1. The monoisotopic (exact) mass is 437 g/mol. The van der Waals surface area contributed by atoms with Crippen molar-refractivity contribution in [2.75, 3.05) is 0 Å². The molecule has 4 aromatic rings. The lowest BCUT2D eigenvalue weighted by Crippen LogP contribution is -2.32. The molecule has 0 saturated heterocycles. The molecule has 0 spiro atoms. The maximum atomic E-state index is 12.9. The second-order valence-corrected chi connectivity index (χ2v) is 9.00. The number of carbonyl (C=O) groups is 1. The van der Waals surface area contributed by atoms with Gasteiger partial charge in [0.1, 0.15) is 10.7 Å². The highest BCUT2D eigenvalue weighted by Gasteiger charge is 2.21. The Morgan fingerprint density at radius 3 is 2.83 bits per heavy atom. The predicted molar refractivity (Wildman–Crippen MR) is 122 cm³/mol. The molecule has 4 heterocycles. The Bertz CT molecular complexity index is 1130. The summed E-state index contributed by atoms with van der Waals surface area (Å²) >= 11 is 3.23. The fourth-order valence-corrected chi connectivity index (χ4v) is 4.64. The van der Waals surface area contributed by atoms with Crippen LogP contribution in [0.3, 0.4) is 0 Å². The Kier molecular flexibility index (Phi) is 6.06. The van der Waals surface area contributed by atoms with Gasteiger partial charge in [-0.15, -0.1) is 22.7 Å². The van der Waals surface area contributed by atoms with Crippen LogP contribution in [0.2, 0.25) is 0 Å². The first-order valence-electron chi connectivity index (χ1n) is 9.82. The summed E-state index contributed by atoms with van der Waals surface area (Å²) in [6.07, 6.45) is 5.91. The molecule has 0 fully saturated rings. The molecule has 0 radical (unpaired) electrons. The van der Waals surface area contributed by atoms with Crippen LogP contribution in [0.25, 0.3) is 22.1 Å². The third kappa shape index (κ3) is 4.20. The van der Waals surface area contributed by atoms with Crippen LogP contribution in [0.5, 0.6) is 0 Å². The first-order chi connectivity index (χ1) is 14.6. The SMILES string of the molecule is CCC(C)NC(=O)c1cc(-c2csc(-c3cnccn3)n2)n(Cc2cccs2)c1C. The van der Waals surface area contributed by atoms with Crippen molar-refractivity contribution >= 4 is 28.6 Å². The van der Waals surface area contributed by atoms with Crippen LogP contribution < -0.4 is 5.32 Å². The van der Waals surface area contributed by atoms with E-state index in [4.69, 9.17) is 4.98 Å². The van der Waals surface area contributed by atoms with Gasteiger partial charge in [-0.1, -0.05) is 13.0 Å². The van der Waals surface area contributed by atoms with Crippen LogP contribution >= 0.6 is 22.7 Å². The molecule has 8 heteroatoms. The Hall–Kier alpha value is -2.84. The molecule has 0 bridgehead atoms. The van der Waals surface area contributed by atoms with Gasteiger partial charge in [0.15, 0.2) is 0 Å². The summed E-state index contributed by atoms with van der Waals surface area (Å²) in [6.45, 7) is 6.78. The Morgan fingerprint density at radius 1 is 1.27 bits per heavy atom. The van der Waals surface area contributed by atoms with Gasteiger partial charge in [0.2, 0.25) is 0 Å². The summed E-state index contributed by atoms with van der Waals surface area (Å²) in [7, 11) is 0. The second kappa shape index (κ2) is 8.89. The molecule has 0 aromatic carbocycles. The summed E-state index contributed by atoms with van der Waals surface area (Å²) in [5, 5.41) is 7.98. The summed E-state index contributed by atoms with van der Waals surface area (Å²) in [5.74, 6) is -0.0441. The zero-order chi connectivity index (χ0) is 21.1. The van der Waals surface area contributed by atoms with Crippen molar-refractivity contribution in [3.8, 4) is 22.1 Å². The molecule has 4 rings (SSSR count). The van der Waals surface area contributed by atoms with Gasteiger partial charge in [-0.05, 0) is 37.8 Å². The van der Waals surface area contributed by atoms with E-state index in [1.165, 1.54) is 16.2 Å². The van der Waals surface area contributed by atoms with E-state index in [0.717, 1.165) is 34.2 Å². The van der Waals surface area contributed by atoms with Crippen LogP contribution in [-0.2, 0) is 6.54 Å². The molecule has 0 aliphatic carbocycles. The molecule has 4 aromatic heterocycles. The van der Waals surface area contributed by atoms with Gasteiger partial charge < -0.3 is 9.88 Å². The van der Waals surface area contributed by atoms with Crippen molar-refractivity contribution in [2.45, 2.75) is 39.8 Å². The number of carbonyl (C=O) groups excluding carboxylic acids is 1. The van der Waals surface area contributed by atoms with Crippen molar-refractivity contribution in [2.24, 2.45) is 0 Å². The molecule has 154 valence electrons. The van der Waals surface area contributed by atoms with Gasteiger partial charge in [-0.25, -0.2) is 4.98 Å². The van der Waals surface area contributed by atoms with Crippen LogP contribution in [-0.4, -0.2) is 31.5 Å². The molecule has 0 aliphatic rings. The van der Waals surface area contributed by atoms with E-state index in [1.807, 2.05) is 31.4 Å². The number of nitrogens with one attached hydrogen (secondary N) is 1. The number of amides is 1. The number of rotatable bonds is 7. The molecule has 1 N–H and O–H groups in total. The van der Waals surface area contributed by atoms with Crippen molar-refractivity contribution in [1.29, 1.82) is 0 Å². The van der Waals surface area contributed by atoms with Crippen molar-refractivity contribution < 1.29 is 4.79 Å². The zero-order valence-electron chi connectivity index (χ0n) is 17.1. The van der Waals surface area contributed by atoms with Crippen LogP contribution in [0.4, 0.5) is 0 Å². The van der Waals surface area contributed by atoms with Crippen molar-refractivity contribution in [3.05, 3.63) is 63.7 Å². The number of hydrogen-bond acceptors (Lipinski definition) is 6. The highest BCUT2D eigenvalue weighted by molar-refractivity contribution is 7.13. The van der Waals surface area contributed by atoms with Gasteiger partial charge in [0, 0.05) is 34.4 Å². The molecular weight excluding hydrogens is 414 g/mol. The molecule has 0 saturated carbocycles. The average molecular weight is 438 g/mol. The average Bonchev–Trinajstić information content (AvgIpc) is 3.50. The molecule has 6 nitrogen and oxygen atoms in total. The molecule has 0 aliphatic heterocycles. The standard InChI is InChI=1S/C22H23N5OS2/c1-4-14(2)25-21(28)17-10-20(27(15(17)3)12-16-6-5-9-29-16)19-13-30-22(26-19)18-11-23-7-8-24-18/h5-11,13-14H,4,12H2,1-3H3,(H,25,28). The Labute approximate surface area is 183 Å². The summed E-state index contributed by atoms with van der Waals surface area (Å²) in [4.78, 5) is 27.4. The third-order valence-corrected chi connectivity index (χ3v) is 6.77. The fraction of sp³-hybridized carbons (Fsp3) is 0.273. The number of nitrogens with zero attached hydrogens (tertiary/aromatic N) is 4. The van der Waals surface area contributed by atoms with E-state index in [-0.39, 0.29) is 11.9 Å². The van der Waals surface area contributed by atoms with E-state index in [1.54, 1.807) is 29.9 Å². The quantitative estimate of drug-likeness (QED) is 0.441. The van der Waals surface area contributed by atoms with Crippen molar-refractivity contribution in [1.82, 2.24) is 24.8 Å². The summed E-state index contributed by atoms with van der Waals surface area (Å²) in [6, 6.07) is 6.24. The van der Waals surface area contributed by atoms with Gasteiger partial charge in [-0.3, -0.25) is 14.8 Å². The number of thiazole rings is 1. The zero-order valence-corrected chi connectivity index (χ0v) is 18.8. The Morgan fingerprint density at radius 2 is 2.13 bits per heavy atom. The topological polar surface area (TPSA) is 72.7 Å². The minimum Gasteiger partial charge on any atom is -0.350 e. The summed E-state index contributed by atoms with van der Waals surface area (Å²) in [5.41, 5.74) is 4.14. The second-order valence-electron chi connectivity index (χ2n) is 7.11. The fourth-order valence-electron chi connectivity index (χ4n) is 3.17. The van der Waals surface area contributed by atoms with E-state index in [9.17, 15) is 4.79 Å². The maximum Gasteiger partial charge on any atom is 0.253 e. The minimum absolute atomic E-state index is 0.0441. The highest BCUT2D eigenvalue weighted by Crippen LogP contribution is 2.31. The van der Waals surface area contributed by atoms with Gasteiger partial charge in [-0.2, -0.15) is 0 Å². The number of thiophene rings is 1. The maximum absolute atomic E-state index is 12.9. The lowest BCUT2D eigenvalue weighted by Gasteiger charge is -2.12. The molecular formula is C22H23N5OS2. The molecule has 30 heavy (non-hydrogen) atoms. The molecule has 1 amide bonds. The number of aromatic nitrogens is 4. The minimum atomic E-state index is -0.0441. The number of hydrogen-bond donors (Lipinski definition) is 1. The lowest BCUT2D eigenvalue weighted by molar-refractivity contribution is 0.0938. The van der Waals surface area contributed by atoms with Crippen LogP contribution in [0.1, 0.15) is 41.2 Å². The molecule has 1 atom stereocenters. The largest absolute Gasteiger partial charge is 0.350 e. The van der Waals surface area contributed by atoms with Gasteiger partial charge in [0.25, 0.3) is 5.91 Å². The van der Waals surface area contributed by atoms with E-state index >= 15 is 0 Å². The van der Waals surface area contributed by atoms with Gasteiger partial charge >= 0.3 is 0 Å². The third-order valence-electron chi connectivity index (χ3n) is 5.04. The van der Waals surface area contributed by atoms with Crippen LogP contribution in [0.15, 0.2) is 47.5 Å². The highest BCUT2D eigenvalue weighted by atomic mass is 32.1. The summed E-state index contributed by atoms with van der Waals surface area (Å²) < 4.78 is 2.17. The smallest absolute Gasteiger partial charge is 0.253 e. The first kappa shape index (κ1) is 20.4. The Balaban J connectivity index is 1.75.